The Morgan fingerprint density at radius 1 is 0.957 bits per heavy atom. The minimum Gasteiger partial charge on any atom is -0.481 e. The van der Waals surface area contributed by atoms with Gasteiger partial charge in [-0.3, -0.25) is 9.69 Å². The lowest BCUT2D eigenvalue weighted by atomic mass is 9.93. The van der Waals surface area contributed by atoms with Crippen molar-refractivity contribution in [1.29, 1.82) is 0 Å². The molecule has 0 unspecified atom stereocenters. The number of hydrogen-bond donors (Lipinski definition) is 1. The molecule has 1 rings (SSSR count). The number of ether oxygens (including phenoxy) is 2. The highest BCUT2D eigenvalue weighted by atomic mass is 16.6. The number of likely N-dealkylation sites (tertiary alicyclic amines) is 1. The largest absolute Gasteiger partial charge is 0.481 e. The summed E-state index contributed by atoms with van der Waals surface area (Å²) < 4.78 is 10.6. The fourth-order valence-electron chi connectivity index (χ4n) is 2.31. The molecule has 0 aromatic rings. The Balaban J connectivity index is 2.95. The van der Waals surface area contributed by atoms with Gasteiger partial charge in [0.25, 0.3) is 0 Å². The summed E-state index contributed by atoms with van der Waals surface area (Å²) in [5, 5.41) is 9.19. The zero-order valence-electron chi connectivity index (χ0n) is 14.7. The van der Waals surface area contributed by atoms with Crippen LogP contribution in [-0.2, 0) is 19.1 Å². The van der Waals surface area contributed by atoms with Crippen molar-refractivity contribution in [3.8, 4) is 0 Å². The van der Waals surface area contributed by atoms with Crippen LogP contribution >= 0.6 is 0 Å². The van der Waals surface area contributed by atoms with Crippen molar-refractivity contribution >= 4 is 18.0 Å². The van der Waals surface area contributed by atoms with E-state index in [0.717, 1.165) is 0 Å². The third-order valence-corrected chi connectivity index (χ3v) is 3.24. The monoisotopic (exact) mass is 329 g/mol. The molecule has 1 saturated heterocycles. The number of carboxylic acids is 1. The number of aliphatic carboxylic acids is 1. The number of hydrogen-bond acceptors (Lipinski definition) is 5. The Bertz CT molecular complexity index is 474. The molecule has 0 aromatic heterocycles. The number of carbonyl (C=O) groups excluding carboxylic acids is 2. The maximum Gasteiger partial charge on any atom is 0.411 e. The molecule has 1 N–H and O–H groups in total. The highest BCUT2D eigenvalue weighted by Crippen LogP contribution is 2.26. The summed E-state index contributed by atoms with van der Waals surface area (Å²) in [6.07, 6.45) is -0.136. The van der Waals surface area contributed by atoms with E-state index >= 15 is 0 Å². The lowest BCUT2D eigenvalue weighted by Crippen LogP contribution is -2.54. The van der Waals surface area contributed by atoms with E-state index in [-0.39, 0.29) is 13.0 Å². The van der Waals surface area contributed by atoms with Gasteiger partial charge in [0.15, 0.2) is 0 Å². The molecule has 0 bridgehead atoms. The minimum absolute atomic E-state index is 0.0614. The summed E-state index contributed by atoms with van der Waals surface area (Å²) in [6, 6.07) is -0.820. The van der Waals surface area contributed by atoms with Crippen LogP contribution in [0.4, 0.5) is 4.79 Å². The van der Waals surface area contributed by atoms with E-state index < -0.39 is 41.2 Å². The van der Waals surface area contributed by atoms with Crippen LogP contribution in [0, 0.1) is 5.92 Å². The molecular weight excluding hydrogens is 302 g/mol. The molecule has 1 amide bonds. The van der Waals surface area contributed by atoms with Crippen LogP contribution in [0.5, 0.6) is 0 Å². The molecule has 0 spiro atoms. The van der Waals surface area contributed by atoms with Crippen molar-refractivity contribution in [1.82, 2.24) is 4.90 Å². The van der Waals surface area contributed by atoms with E-state index in [1.165, 1.54) is 4.90 Å². The van der Waals surface area contributed by atoms with Crippen molar-refractivity contribution in [3.05, 3.63) is 0 Å². The second-order valence-corrected chi connectivity index (χ2v) is 7.79. The van der Waals surface area contributed by atoms with Crippen LogP contribution in [0.1, 0.15) is 54.4 Å². The Hall–Kier alpha value is -1.79. The lowest BCUT2D eigenvalue weighted by Gasteiger charge is -2.38. The Morgan fingerprint density at radius 3 is 1.91 bits per heavy atom. The van der Waals surface area contributed by atoms with E-state index in [1.54, 1.807) is 41.5 Å². The predicted octanol–water partition coefficient (Wildman–Crippen LogP) is 2.43. The number of carbonyl (C=O) groups is 3. The second-order valence-electron chi connectivity index (χ2n) is 7.79. The van der Waals surface area contributed by atoms with E-state index in [4.69, 9.17) is 9.47 Å². The quantitative estimate of drug-likeness (QED) is 0.782. The number of rotatable bonds is 2. The van der Waals surface area contributed by atoms with Gasteiger partial charge in [0.1, 0.15) is 17.2 Å². The molecule has 1 aliphatic heterocycles. The first kappa shape index (κ1) is 19.3. The maximum absolute atomic E-state index is 12.4. The summed E-state index contributed by atoms with van der Waals surface area (Å²) in [6.45, 7) is 10.3. The summed E-state index contributed by atoms with van der Waals surface area (Å²) >= 11 is 0. The smallest absolute Gasteiger partial charge is 0.411 e. The normalized spacial score (nSPS) is 22.4. The SMILES string of the molecule is CC(C)(C)OC(=O)[C@@H]1CC[C@H](C(=O)O)CN1C(=O)OC(C)(C)C. The van der Waals surface area contributed by atoms with Gasteiger partial charge in [-0.1, -0.05) is 0 Å². The Morgan fingerprint density at radius 2 is 1.48 bits per heavy atom. The van der Waals surface area contributed by atoms with Gasteiger partial charge in [-0.2, -0.15) is 0 Å². The van der Waals surface area contributed by atoms with Crippen LogP contribution in [0.2, 0.25) is 0 Å². The molecule has 0 radical (unpaired) electrons. The molecule has 132 valence electrons. The summed E-state index contributed by atoms with van der Waals surface area (Å²) in [4.78, 5) is 37.1. The van der Waals surface area contributed by atoms with Crippen LogP contribution in [-0.4, -0.2) is 51.8 Å². The van der Waals surface area contributed by atoms with Gasteiger partial charge >= 0.3 is 18.0 Å². The van der Waals surface area contributed by atoms with Crippen molar-refractivity contribution < 1.29 is 29.0 Å². The fourth-order valence-corrected chi connectivity index (χ4v) is 2.31. The van der Waals surface area contributed by atoms with Crippen LogP contribution in [0.15, 0.2) is 0 Å². The van der Waals surface area contributed by atoms with Gasteiger partial charge in [-0.25, -0.2) is 9.59 Å². The van der Waals surface area contributed by atoms with E-state index in [2.05, 4.69) is 0 Å². The zero-order chi connectivity index (χ0) is 18.0. The fraction of sp³-hybridized carbons (Fsp3) is 0.812. The minimum atomic E-state index is -0.985. The standard InChI is InChI=1S/C16H27NO6/c1-15(2,3)22-13(20)11-8-7-10(12(18)19)9-17(11)14(21)23-16(4,5)6/h10-11H,7-9H2,1-6H3,(H,18,19)/t10-,11-/m0/s1. The van der Waals surface area contributed by atoms with Gasteiger partial charge in [0.2, 0.25) is 0 Å². The lowest BCUT2D eigenvalue weighted by molar-refractivity contribution is -0.165. The predicted molar refractivity (Wildman–Crippen MR) is 82.9 cm³/mol. The number of nitrogens with zero attached hydrogens (tertiary/aromatic N) is 1. The first-order chi connectivity index (χ1) is 10.3. The molecule has 23 heavy (non-hydrogen) atoms. The van der Waals surface area contributed by atoms with Crippen molar-refractivity contribution in [3.63, 3.8) is 0 Å². The number of carboxylic acid groups (broad SMARTS) is 1. The third-order valence-electron chi connectivity index (χ3n) is 3.24. The van der Waals surface area contributed by atoms with Crippen molar-refractivity contribution in [2.24, 2.45) is 5.92 Å². The van der Waals surface area contributed by atoms with Gasteiger partial charge in [-0.05, 0) is 54.4 Å². The molecule has 1 heterocycles. The Labute approximate surface area is 136 Å². The Kier molecular flexibility index (Phi) is 5.66. The highest BCUT2D eigenvalue weighted by Gasteiger charge is 2.41. The van der Waals surface area contributed by atoms with E-state index in [0.29, 0.717) is 6.42 Å². The molecule has 1 aliphatic rings. The molecule has 1 fully saturated rings. The molecule has 0 aromatic carbocycles. The molecule has 0 saturated carbocycles. The average molecular weight is 329 g/mol. The topological polar surface area (TPSA) is 93.1 Å². The van der Waals surface area contributed by atoms with Crippen molar-refractivity contribution in [2.45, 2.75) is 71.6 Å². The number of esters is 1. The molecule has 2 atom stereocenters. The zero-order valence-corrected chi connectivity index (χ0v) is 14.7. The van der Waals surface area contributed by atoms with Crippen LogP contribution in [0.25, 0.3) is 0 Å². The van der Waals surface area contributed by atoms with Crippen LogP contribution < -0.4 is 0 Å². The third kappa shape index (κ3) is 6.08. The van der Waals surface area contributed by atoms with Crippen molar-refractivity contribution in [2.75, 3.05) is 6.54 Å². The second kappa shape index (κ2) is 6.76. The average Bonchev–Trinajstić information content (AvgIpc) is 2.33. The molecular formula is C16H27NO6. The first-order valence-electron chi connectivity index (χ1n) is 7.75. The summed E-state index contributed by atoms with van der Waals surface area (Å²) in [7, 11) is 0. The van der Waals surface area contributed by atoms with Gasteiger partial charge < -0.3 is 14.6 Å². The van der Waals surface area contributed by atoms with Gasteiger partial charge in [0.05, 0.1) is 5.92 Å². The highest BCUT2D eigenvalue weighted by molar-refractivity contribution is 5.83. The number of amides is 1. The van der Waals surface area contributed by atoms with Crippen LogP contribution in [0.3, 0.4) is 0 Å². The van der Waals surface area contributed by atoms with Gasteiger partial charge in [0, 0.05) is 6.54 Å². The summed E-state index contributed by atoms with van der Waals surface area (Å²) in [5.41, 5.74) is -1.41. The summed E-state index contributed by atoms with van der Waals surface area (Å²) in [5.74, 6) is -2.23. The van der Waals surface area contributed by atoms with Gasteiger partial charge in [-0.15, -0.1) is 0 Å². The first-order valence-corrected chi connectivity index (χ1v) is 7.75. The molecule has 7 heteroatoms. The van der Waals surface area contributed by atoms with E-state index in [1.807, 2.05) is 0 Å². The molecule has 0 aliphatic carbocycles. The maximum atomic E-state index is 12.4. The van der Waals surface area contributed by atoms with E-state index in [9.17, 15) is 19.5 Å². The number of piperidine rings is 1. The molecule has 7 nitrogen and oxygen atoms in total.